The summed E-state index contributed by atoms with van der Waals surface area (Å²) in [4.78, 5) is 4.33. The summed E-state index contributed by atoms with van der Waals surface area (Å²) in [5.41, 5.74) is 6.14. The summed E-state index contributed by atoms with van der Waals surface area (Å²) >= 11 is 0. The second kappa shape index (κ2) is 3.50. The molecule has 1 fully saturated rings. The largest absolute Gasteiger partial charge is 0.334 e. The number of rotatable bonds is 3. The van der Waals surface area contributed by atoms with Crippen molar-refractivity contribution in [1.29, 1.82) is 0 Å². The van der Waals surface area contributed by atoms with Gasteiger partial charge in [-0.05, 0) is 25.7 Å². The van der Waals surface area contributed by atoms with Crippen molar-refractivity contribution in [3.05, 3.63) is 18.2 Å². The Morgan fingerprint density at radius 1 is 1.69 bits per heavy atom. The average molecular weight is 179 g/mol. The number of hydrogen-bond donors (Lipinski definition) is 1. The van der Waals surface area contributed by atoms with Gasteiger partial charge in [0.25, 0.3) is 0 Å². The molecule has 72 valence electrons. The summed E-state index contributed by atoms with van der Waals surface area (Å²) in [7, 11) is 0. The Kier molecular flexibility index (Phi) is 2.36. The predicted octanol–water partition coefficient (Wildman–Crippen LogP) is 1.70. The van der Waals surface area contributed by atoms with Crippen LogP contribution in [-0.2, 0) is 6.54 Å². The molecule has 0 saturated heterocycles. The Balaban J connectivity index is 2.13. The third-order valence-electron chi connectivity index (χ3n) is 3.04. The van der Waals surface area contributed by atoms with E-state index in [4.69, 9.17) is 5.73 Å². The third kappa shape index (κ3) is 1.48. The highest BCUT2D eigenvalue weighted by Gasteiger charge is 2.27. The highest BCUT2D eigenvalue weighted by molar-refractivity contribution is 5.02. The van der Waals surface area contributed by atoms with Crippen molar-refractivity contribution in [3.63, 3.8) is 0 Å². The maximum atomic E-state index is 6.14. The minimum atomic E-state index is 0.156. The van der Waals surface area contributed by atoms with Crippen molar-refractivity contribution in [2.75, 3.05) is 0 Å². The SMILES string of the molecule is CCn1ccnc1C(N)C1CCC1. The molecule has 0 aromatic carbocycles. The van der Waals surface area contributed by atoms with Gasteiger partial charge in [-0.1, -0.05) is 6.42 Å². The first kappa shape index (κ1) is 8.75. The maximum absolute atomic E-state index is 6.14. The zero-order valence-electron chi connectivity index (χ0n) is 8.11. The zero-order valence-corrected chi connectivity index (χ0v) is 8.11. The van der Waals surface area contributed by atoms with Crippen LogP contribution in [-0.4, -0.2) is 9.55 Å². The van der Waals surface area contributed by atoms with E-state index < -0.39 is 0 Å². The lowest BCUT2D eigenvalue weighted by molar-refractivity contribution is 0.254. The number of aryl methyl sites for hydroxylation is 1. The molecule has 3 nitrogen and oxygen atoms in total. The Morgan fingerprint density at radius 3 is 3.00 bits per heavy atom. The molecule has 1 aromatic rings. The van der Waals surface area contributed by atoms with Crippen molar-refractivity contribution in [1.82, 2.24) is 9.55 Å². The molecule has 3 heteroatoms. The van der Waals surface area contributed by atoms with Gasteiger partial charge in [0, 0.05) is 18.9 Å². The number of nitrogens with zero attached hydrogens (tertiary/aromatic N) is 2. The highest BCUT2D eigenvalue weighted by atomic mass is 15.1. The van der Waals surface area contributed by atoms with E-state index in [0.29, 0.717) is 5.92 Å². The molecule has 2 N–H and O–H groups in total. The molecule has 13 heavy (non-hydrogen) atoms. The van der Waals surface area contributed by atoms with Gasteiger partial charge in [-0.2, -0.15) is 0 Å². The van der Waals surface area contributed by atoms with E-state index in [2.05, 4.69) is 16.5 Å². The molecule has 2 rings (SSSR count). The normalized spacial score (nSPS) is 19.8. The fraction of sp³-hybridized carbons (Fsp3) is 0.700. The number of nitrogens with two attached hydrogens (primary N) is 1. The molecule has 0 amide bonds. The van der Waals surface area contributed by atoms with Gasteiger partial charge < -0.3 is 10.3 Å². The van der Waals surface area contributed by atoms with Crippen LogP contribution >= 0.6 is 0 Å². The van der Waals surface area contributed by atoms with Crippen LogP contribution in [0.4, 0.5) is 0 Å². The smallest absolute Gasteiger partial charge is 0.125 e. The van der Waals surface area contributed by atoms with Crippen LogP contribution in [0.5, 0.6) is 0 Å². The molecule has 1 saturated carbocycles. The fourth-order valence-corrected chi connectivity index (χ4v) is 1.90. The molecule has 1 unspecified atom stereocenters. The van der Waals surface area contributed by atoms with Gasteiger partial charge in [0.2, 0.25) is 0 Å². The van der Waals surface area contributed by atoms with Crippen LogP contribution in [0.2, 0.25) is 0 Å². The Morgan fingerprint density at radius 2 is 2.46 bits per heavy atom. The second-order valence-corrected chi connectivity index (χ2v) is 3.79. The lowest BCUT2D eigenvalue weighted by Gasteiger charge is -2.30. The van der Waals surface area contributed by atoms with Gasteiger partial charge >= 0.3 is 0 Å². The highest BCUT2D eigenvalue weighted by Crippen LogP contribution is 2.35. The molecule has 0 aliphatic heterocycles. The van der Waals surface area contributed by atoms with E-state index in [-0.39, 0.29) is 6.04 Å². The van der Waals surface area contributed by atoms with Gasteiger partial charge in [0.15, 0.2) is 0 Å². The molecular weight excluding hydrogens is 162 g/mol. The van der Waals surface area contributed by atoms with Crippen molar-refractivity contribution < 1.29 is 0 Å². The van der Waals surface area contributed by atoms with Crippen LogP contribution in [0, 0.1) is 5.92 Å². The number of aromatic nitrogens is 2. The standard InChI is InChI=1S/C10H17N3/c1-2-13-7-6-12-10(13)9(11)8-4-3-5-8/h6-9H,2-5,11H2,1H3. The average Bonchev–Trinajstić information content (AvgIpc) is 2.47. The van der Waals surface area contributed by atoms with Gasteiger partial charge in [0.05, 0.1) is 6.04 Å². The Hall–Kier alpha value is -0.830. The monoisotopic (exact) mass is 179 g/mol. The lowest BCUT2D eigenvalue weighted by Crippen LogP contribution is -2.29. The minimum absolute atomic E-state index is 0.156. The molecule has 0 radical (unpaired) electrons. The number of imidazole rings is 1. The first-order chi connectivity index (χ1) is 6.33. The molecule has 1 aromatic heterocycles. The van der Waals surface area contributed by atoms with Gasteiger partial charge in [0.1, 0.15) is 5.82 Å². The molecule has 1 aliphatic carbocycles. The van der Waals surface area contributed by atoms with Gasteiger partial charge in [-0.15, -0.1) is 0 Å². The molecule has 1 heterocycles. The van der Waals surface area contributed by atoms with Crippen molar-refractivity contribution in [2.45, 2.75) is 38.8 Å². The predicted molar refractivity (Wildman–Crippen MR) is 52.2 cm³/mol. The fourth-order valence-electron chi connectivity index (χ4n) is 1.90. The molecular formula is C10H17N3. The van der Waals surface area contributed by atoms with Crippen molar-refractivity contribution >= 4 is 0 Å². The minimum Gasteiger partial charge on any atom is -0.334 e. The molecule has 0 bridgehead atoms. The quantitative estimate of drug-likeness (QED) is 0.767. The summed E-state index contributed by atoms with van der Waals surface area (Å²) in [6.07, 6.45) is 7.74. The van der Waals surface area contributed by atoms with Crippen LogP contribution < -0.4 is 5.73 Å². The summed E-state index contributed by atoms with van der Waals surface area (Å²) in [6, 6.07) is 0.156. The van der Waals surface area contributed by atoms with E-state index in [9.17, 15) is 0 Å². The Labute approximate surface area is 79.0 Å². The van der Waals surface area contributed by atoms with Crippen molar-refractivity contribution in [3.8, 4) is 0 Å². The summed E-state index contributed by atoms with van der Waals surface area (Å²) in [5.74, 6) is 1.74. The van der Waals surface area contributed by atoms with Crippen molar-refractivity contribution in [2.24, 2.45) is 11.7 Å². The first-order valence-corrected chi connectivity index (χ1v) is 5.09. The third-order valence-corrected chi connectivity index (χ3v) is 3.04. The van der Waals surface area contributed by atoms with E-state index >= 15 is 0 Å². The van der Waals surface area contributed by atoms with Crippen LogP contribution in [0.25, 0.3) is 0 Å². The summed E-state index contributed by atoms with van der Waals surface area (Å²) in [6.45, 7) is 3.09. The number of hydrogen-bond acceptors (Lipinski definition) is 2. The Bertz CT molecular complexity index is 275. The second-order valence-electron chi connectivity index (χ2n) is 3.79. The lowest BCUT2D eigenvalue weighted by atomic mass is 9.80. The van der Waals surface area contributed by atoms with E-state index in [1.165, 1.54) is 19.3 Å². The van der Waals surface area contributed by atoms with E-state index in [1.54, 1.807) is 0 Å². The van der Waals surface area contributed by atoms with E-state index in [0.717, 1.165) is 12.4 Å². The molecule has 1 aliphatic rings. The zero-order chi connectivity index (χ0) is 9.26. The maximum Gasteiger partial charge on any atom is 0.125 e. The first-order valence-electron chi connectivity index (χ1n) is 5.09. The van der Waals surface area contributed by atoms with Gasteiger partial charge in [-0.3, -0.25) is 0 Å². The van der Waals surface area contributed by atoms with E-state index in [1.807, 2.05) is 12.4 Å². The molecule has 0 spiro atoms. The topological polar surface area (TPSA) is 43.8 Å². The van der Waals surface area contributed by atoms with Crippen LogP contribution in [0.1, 0.15) is 38.1 Å². The summed E-state index contributed by atoms with van der Waals surface area (Å²) < 4.78 is 2.14. The molecule has 1 atom stereocenters. The summed E-state index contributed by atoms with van der Waals surface area (Å²) in [5, 5.41) is 0. The van der Waals surface area contributed by atoms with Gasteiger partial charge in [-0.25, -0.2) is 4.98 Å². The van der Waals surface area contributed by atoms with Crippen LogP contribution in [0.15, 0.2) is 12.4 Å². The van der Waals surface area contributed by atoms with Crippen LogP contribution in [0.3, 0.4) is 0 Å².